The number of carboxylic acids is 1. The van der Waals surface area contributed by atoms with Gasteiger partial charge in [0.15, 0.2) is 0 Å². The highest BCUT2D eigenvalue weighted by Crippen LogP contribution is 2.45. The maximum Gasteiger partial charge on any atom is 0.308 e. The summed E-state index contributed by atoms with van der Waals surface area (Å²) in [5.41, 5.74) is -0.506. The number of hydrogen-bond acceptors (Lipinski definition) is 3. The number of amides is 2. The van der Waals surface area contributed by atoms with Crippen LogP contribution in [0.4, 0.5) is 0 Å². The van der Waals surface area contributed by atoms with Crippen molar-refractivity contribution in [1.82, 2.24) is 4.90 Å². The summed E-state index contributed by atoms with van der Waals surface area (Å²) in [5, 5.41) is 8.87. The quantitative estimate of drug-likeness (QED) is 0.772. The van der Waals surface area contributed by atoms with Crippen LogP contribution in [0.1, 0.15) is 45.4 Å². The number of aliphatic carboxylic acids is 1. The van der Waals surface area contributed by atoms with E-state index in [0.717, 1.165) is 32.1 Å². The van der Waals surface area contributed by atoms with E-state index in [1.54, 1.807) is 0 Å². The lowest BCUT2D eigenvalue weighted by molar-refractivity contribution is -0.146. The number of hydrogen-bond donors (Lipinski definition) is 1. The standard InChI is InChI=1S/C13H19NO4/c1-9(11(16)17)8-14-10(15)7-13(12(14)18)5-3-2-4-6-13/h9H,2-8H2,1H3,(H,16,17). The minimum atomic E-state index is -0.972. The van der Waals surface area contributed by atoms with Crippen molar-refractivity contribution >= 4 is 17.8 Å². The van der Waals surface area contributed by atoms with Gasteiger partial charge in [-0.25, -0.2) is 0 Å². The van der Waals surface area contributed by atoms with Crippen molar-refractivity contribution in [2.24, 2.45) is 11.3 Å². The maximum absolute atomic E-state index is 12.4. The van der Waals surface area contributed by atoms with Gasteiger partial charge in [-0.05, 0) is 12.8 Å². The van der Waals surface area contributed by atoms with Crippen LogP contribution in [0.2, 0.25) is 0 Å². The predicted octanol–water partition coefficient (Wildman–Crippen LogP) is 1.42. The Morgan fingerprint density at radius 3 is 2.50 bits per heavy atom. The topological polar surface area (TPSA) is 74.7 Å². The van der Waals surface area contributed by atoms with Crippen molar-refractivity contribution in [1.29, 1.82) is 0 Å². The molecule has 1 atom stereocenters. The van der Waals surface area contributed by atoms with Gasteiger partial charge in [-0.15, -0.1) is 0 Å². The monoisotopic (exact) mass is 253 g/mol. The largest absolute Gasteiger partial charge is 0.481 e. The first-order chi connectivity index (χ1) is 8.46. The van der Waals surface area contributed by atoms with Crippen LogP contribution in [0, 0.1) is 11.3 Å². The number of imide groups is 1. The smallest absolute Gasteiger partial charge is 0.308 e. The molecular weight excluding hydrogens is 234 g/mol. The average molecular weight is 253 g/mol. The molecule has 1 N–H and O–H groups in total. The molecule has 0 bridgehead atoms. The van der Waals surface area contributed by atoms with E-state index in [0.29, 0.717) is 0 Å². The minimum Gasteiger partial charge on any atom is -0.481 e. The van der Waals surface area contributed by atoms with Crippen LogP contribution in [0.5, 0.6) is 0 Å². The Bertz CT molecular complexity index is 384. The third kappa shape index (κ3) is 2.13. The SMILES string of the molecule is CC(CN1C(=O)CC2(CCCCC2)C1=O)C(=O)O. The summed E-state index contributed by atoms with van der Waals surface area (Å²) in [4.78, 5) is 36.3. The molecule has 18 heavy (non-hydrogen) atoms. The van der Waals surface area contributed by atoms with Gasteiger partial charge in [0, 0.05) is 13.0 Å². The van der Waals surface area contributed by atoms with Gasteiger partial charge in [0.05, 0.1) is 11.3 Å². The average Bonchev–Trinajstić information content (AvgIpc) is 2.55. The molecule has 5 nitrogen and oxygen atoms in total. The molecule has 1 unspecified atom stereocenters. The third-order valence-electron chi connectivity index (χ3n) is 4.18. The molecule has 100 valence electrons. The summed E-state index contributed by atoms with van der Waals surface area (Å²) in [7, 11) is 0. The van der Waals surface area contributed by atoms with Crippen molar-refractivity contribution < 1.29 is 19.5 Å². The number of likely N-dealkylation sites (tertiary alicyclic amines) is 1. The summed E-state index contributed by atoms with van der Waals surface area (Å²) < 4.78 is 0. The zero-order valence-electron chi connectivity index (χ0n) is 10.6. The fraction of sp³-hybridized carbons (Fsp3) is 0.769. The zero-order chi connectivity index (χ0) is 13.3. The van der Waals surface area contributed by atoms with Gasteiger partial charge in [0.2, 0.25) is 11.8 Å². The fourth-order valence-corrected chi connectivity index (χ4v) is 3.02. The lowest BCUT2D eigenvalue weighted by Gasteiger charge is -2.30. The van der Waals surface area contributed by atoms with E-state index in [9.17, 15) is 14.4 Å². The highest BCUT2D eigenvalue weighted by Gasteiger charge is 2.51. The third-order valence-corrected chi connectivity index (χ3v) is 4.18. The van der Waals surface area contributed by atoms with E-state index in [-0.39, 0.29) is 24.8 Å². The molecule has 1 aliphatic heterocycles. The van der Waals surface area contributed by atoms with Gasteiger partial charge < -0.3 is 5.11 Å². The molecule has 2 fully saturated rings. The number of nitrogens with zero attached hydrogens (tertiary/aromatic N) is 1. The van der Waals surface area contributed by atoms with Gasteiger partial charge in [-0.2, -0.15) is 0 Å². The van der Waals surface area contributed by atoms with Crippen molar-refractivity contribution in [3.8, 4) is 0 Å². The molecule has 5 heteroatoms. The van der Waals surface area contributed by atoms with Crippen LogP contribution < -0.4 is 0 Å². The highest BCUT2D eigenvalue weighted by molar-refractivity contribution is 6.06. The Hall–Kier alpha value is -1.39. The molecule has 0 radical (unpaired) electrons. The fourth-order valence-electron chi connectivity index (χ4n) is 3.02. The molecule has 1 heterocycles. The summed E-state index contributed by atoms with van der Waals surface area (Å²) in [6.07, 6.45) is 4.92. The van der Waals surface area contributed by atoms with Crippen LogP contribution in [0.3, 0.4) is 0 Å². The minimum absolute atomic E-state index is 0.00868. The first kappa shape index (κ1) is 13.1. The van der Waals surface area contributed by atoms with Gasteiger partial charge >= 0.3 is 5.97 Å². The van der Waals surface area contributed by atoms with E-state index in [1.165, 1.54) is 11.8 Å². The molecule has 1 aliphatic carbocycles. The molecule has 2 aliphatic rings. The van der Waals surface area contributed by atoms with E-state index >= 15 is 0 Å². The molecule has 1 spiro atoms. The predicted molar refractivity (Wildman–Crippen MR) is 63.7 cm³/mol. The molecule has 0 aromatic carbocycles. The normalized spacial score (nSPS) is 24.6. The number of carboxylic acid groups (broad SMARTS) is 1. The van der Waals surface area contributed by atoms with E-state index in [1.807, 2.05) is 0 Å². The molecule has 2 rings (SSSR count). The van der Waals surface area contributed by atoms with E-state index < -0.39 is 17.3 Å². The van der Waals surface area contributed by atoms with Gasteiger partial charge in [-0.3, -0.25) is 19.3 Å². The summed E-state index contributed by atoms with van der Waals surface area (Å²) >= 11 is 0. The number of rotatable bonds is 3. The molecule has 0 aromatic rings. The van der Waals surface area contributed by atoms with Gasteiger partial charge in [0.25, 0.3) is 0 Å². The molecule has 1 saturated carbocycles. The van der Waals surface area contributed by atoms with Crippen molar-refractivity contribution in [2.75, 3.05) is 6.54 Å². The summed E-state index contributed by atoms with van der Waals surface area (Å²) in [5.74, 6) is -2.01. The second kappa shape index (κ2) is 4.71. The van der Waals surface area contributed by atoms with Crippen molar-refractivity contribution in [2.45, 2.75) is 45.4 Å². The first-order valence-electron chi connectivity index (χ1n) is 6.54. The van der Waals surface area contributed by atoms with E-state index in [4.69, 9.17) is 5.11 Å². The van der Waals surface area contributed by atoms with Crippen molar-refractivity contribution in [3.63, 3.8) is 0 Å². The Morgan fingerprint density at radius 2 is 1.94 bits per heavy atom. The Kier molecular flexibility index (Phi) is 3.41. The zero-order valence-corrected chi connectivity index (χ0v) is 10.6. The second-order valence-corrected chi connectivity index (χ2v) is 5.57. The van der Waals surface area contributed by atoms with E-state index in [2.05, 4.69) is 0 Å². The Labute approximate surface area is 106 Å². The maximum atomic E-state index is 12.4. The van der Waals surface area contributed by atoms with Gasteiger partial charge in [0.1, 0.15) is 0 Å². The first-order valence-corrected chi connectivity index (χ1v) is 6.54. The number of carbonyl (C=O) groups excluding carboxylic acids is 2. The second-order valence-electron chi connectivity index (χ2n) is 5.57. The summed E-state index contributed by atoms with van der Waals surface area (Å²) in [6.45, 7) is 1.53. The molecule has 2 amide bonds. The lowest BCUT2D eigenvalue weighted by atomic mass is 9.73. The van der Waals surface area contributed by atoms with Crippen LogP contribution in [0.15, 0.2) is 0 Å². The Morgan fingerprint density at radius 1 is 1.33 bits per heavy atom. The van der Waals surface area contributed by atoms with Crippen LogP contribution in [-0.4, -0.2) is 34.3 Å². The van der Waals surface area contributed by atoms with Crippen LogP contribution in [-0.2, 0) is 14.4 Å². The molecular formula is C13H19NO4. The summed E-state index contributed by atoms with van der Waals surface area (Å²) in [6, 6.07) is 0. The van der Waals surface area contributed by atoms with Crippen molar-refractivity contribution in [3.05, 3.63) is 0 Å². The van der Waals surface area contributed by atoms with Crippen LogP contribution >= 0.6 is 0 Å². The van der Waals surface area contributed by atoms with Gasteiger partial charge in [-0.1, -0.05) is 26.2 Å². The Balaban J connectivity index is 2.11. The lowest BCUT2D eigenvalue weighted by Crippen LogP contribution is -2.40. The number of carbonyl (C=O) groups is 3. The highest BCUT2D eigenvalue weighted by atomic mass is 16.4. The molecule has 0 aromatic heterocycles. The van der Waals surface area contributed by atoms with Crippen LogP contribution in [0.25, 0.3) is 0 Å². The molecule has 1 saturated heterocycles.